The van der Waals surface area contributed by atoms with E-state index in [0.717, 1.165) is 49.1 Å². The number of sulfonamides is 1. The Hall–Kier alpha value is -3.48. The Labute approximate surface area is 256 Å². The van der Waals surface area contributed by atoms with Crippen molar-refractivity contribution in [2.24, 2.45) is 5.92 Å². The minimum Gasteiger partial charge on any atom is -0.495 e. The van der Waals surface area contributed by atoms with E-state index in [9.17, 15) is 13.2 Å². The summed E-state index contributed by atoms with van der Waals surface area (Å²) in [6.45, 7) is 2.19. The Kier molecular flexibility index (Phi) is 9.10. The number of nitrogens with one attached hydrogen (secondary N) is 2. The van der Waals surface area contributed by atoms with Crippen LogP contribution in [0.25, 0.3) is 0 Å². The van der Waals surface area contributed by atoms with Gasteiger partial charge in [0.05, 0.1) is 36.9 Å². The number of rotatable bonds is 9. The monoisotopic (exact) mass is 631 g/mol. The Bertz CT molecular complexity index is 1620. The van der Waals surface area contributed by atoms with Gasteiger partial charge < -0.3 is 20.1 Å². The molecule has 13 heteroatoms. The van der Waals surface area contributed by atoms with Crippen molar-refractivity contribution in [2.75, 3.05) is 25.7 Å². The van der Waals surface area contributed by atoms with E-state index >= 15 is 4.39 Å². The fourth-order valence-electron chi connectivity index (χ4n) is 5.70. The van der Waals surface area contributed by atoms with Crippen molar-refractivity contribution in [3.8, 4) is 11.6 Å². The molecule has 0 aliphatic heterocycles. The zero-order valence-corrected chi connectivity index (χ0v) is 26.0. The SMILES string of the molecule is COc1cc(C(=O)N[C@H]2CC[C@H](C)CC2)c(F)cc1Nc1ncc(Cl)c(O[C@@H]2Cc3ccccc3[C@H]2N(C)S(C)(=O)=O)n1. The topological polar surface area (TPSA) is 123 Å². The average Bonchev–Trinajstić information content (AvgIpc) is 3.32. The van der Waals surface area contributed by atoms with Crippen LogP contribution in [0.5, 0.6) is 11.6 Å². The average molecular weight is 632 g/mol. The van der Waals surface area contributed by atoms with Crippen molar-refractivity contribution < 1.29 is 27.1 Å². The largest absolute Gasteiger partial charge is 0.495 e. The maximum absolute atomic E-state index is 15.2. The minimum absolute atomic E-state index is 0.0114. The standard InChI is InChI=1S/C30H35ClFN5O5S/c1-17-9-11-19(12-10-17)34-28(38)21-14-25(41-3)24(15-23(21)32)35-30-33-16-22(31)29(36-30)42-26-13-18-7-5-6-8-20(18)27(26)37(2)43(4,39)40/h5-8,14-17,19,26-27H,9-13H2,1-4H3,(H,34,38)(H,33,35,36)/t17-,19-,26-,27-/m1/s1. The third-order valence-corrected chi connectivity index (χ3v) is 9.70. The molecule has 0 unspecified atom stereocenters. The van der Waals surface area contributed by atoms with Gasteiger partial charge in [0.15, 0.2) is 0 Å². The number of ether oxygens (including phenoxy) is 2. The predicted molar refractivity (Wildman–Crippen MR) is 162 cm³/mol. The summed E-state index contributed by atoms with van der Waals surface area (Å²) in [6, 6.07) is 9.44. The number of nitrogens with zero attached hydrogens (tertiary/aromatic N) is 3. The maximum atomic E-state index is 15.2. The number of aromatic nitrogens is 2. The number of amides is 1. The van der Waals surface area contributed by atoms with Gasteiger partial charge in [-0.05, 0) is 48.8 Å². The number of fused-ring (bicyclic) bond motifs is 1. The van der Waals surface area contributed by atoms with Gasteiger partial charge in [-0.15, -0.1) is 0 Å². The molecule has 1 saturated carbocycles. The van der Waals surface area contributed by atoms with Crippen LogP contribution < -0.4 is 20.1 Å². The third-order valence-electron chi connectivity index (χ3n) is 8.17. The number of halogens is 2. The molecule has 5 rings (SSSR count). The van der Waals surface area contributed by atoms with Crippen LogP contribution in [0.2, 0.25) is 5.02 Å². The summed E-state index contributed by atoms with van der Waals surface area (Å²) in [4.78, 5) is 21.5. The molecule has 2 aromatic carbocycles. The van der Waals surface area contributed by atoms with E-state index in [2.05, 4.69) is 27.5 Å². The molecule has 1 amide bonds. The first-order valence-corrected chi connectivity index (χ1v) is 16.3. The maximum Gasteiger partial charge on any atom is 0.254 e. The van der Waals surface area contributed by atoms with Crippen LogP contribution in [0, 0.1) is 11.7 Å². The Balaban J connectivity index is 1.36. The molecule has 2 aliphatic carbocycles. The molecular formula is C30H35ClFN5O5S. The lowest BCUT2D eigenvalue weighted by atomic mass is 9.87. The van der Waals surface area contributed by atoms with Gasteiger partial charge in [-0.25, -0.2) is 17.8 Å². The van der Waals surface area contributed by atoms with Crippen LogP contribution in [-0.2, 0) is 16.4 Å². The van der Waals surface area contributed by atoms with Crippen molar-refractivity contribution >= 4 is 39.2 Å². The lowest BCUT2D eigenvalue weighted by Gasteiger charge is -2.28. The highest BCUT2D eigenvalue weighted by Crippen LogP contribution is 2.40. The van der Waals surface area contributed by atoms with Gasteiger partial charge in [-0.2, -0.15) is 9.29 Å². The second-order valence-corrected chi connectivity index (χ2v) is 13.7. The van der Waals surface area contributed by atoms with E-state index in [1.807, 2.05) is 24.3 Å². The first-order chi connectivity index (χ1) is 20.4. The van der Waals surface area contributed by atoms with E-state index in [0.29, 0.717) is 12.3 Å². The Morgan fingerprint density at radius 3 is 2.58 bits per heavy atom. The molecule has 10 nitrogen and oxygen atoms in total. The first kappa shape index (κ1) is 31.0. The molecule has 230 valence electrons. The summed E-state index contributed by atoms with van der Waals surface area (Å²) in [5.41, 5.74) is 1.87. The molecule has 0 radical (unpaired) electrons. The van der Waals surface area contributed by atoms with Gasteiger partial charge in [0.2, 0.25) is 21.9 Å². The van der Waals surface area contributed by atoms with Crippen molar-refractivity contribution in [1.29, 1.82) is 0 Å². The van der Waals surface area contributed by atoms with Gasteiger partial charge in [-0.3, -0.25) is 4.79 Å². The number of hydrogen-bond acceptors (Lipinski definition) is 8. The van der Waals surface area contributed by atoms with Crippen LogP contribution in [-0.4, -0.2) is 61.2 Å². The van der Waals surface area contributed by atoms with Crippen LogP contribution in [0.15, 0.2) is 42.6 Å². The molecule has 1 aromatic heterocycles. The molecule has 1 heterocycles. The van der Waals surface area contributed by atoms with Crippen molar-refractivity contribution in [3.05, 3.63) is 70.1 Å². The number of hydrogen-bond donors (Lipinski definition) is 2. The van der Waals surface area contributed by atoms with E-state index in [1.54, 1.807) is 0 Å². The lowest BCUT2D eigenvalue weighted by Crippen LogP contribution is -2.38. The number of likely N-dealkylation sites (N-methyl/N-ethyl adjacent to an activating group) is 1. The summed E-state index contributed by atoms with van der Waals surface area (Å²) >= 11 is 6.39. The summed E-state index contributed by atoms with van der Waals surface area (Å²) < 4.78 is 53.1. The lowest BCUT2D eigenvalue weighted by molar-refractivity contribution is 0.0918. The van der Waals surface area contributed by atoms with E-state index in [-0.39, 0.29) is 39.9 Å². The summed E-state index contributed by atoms with van der Waals surface area (Å²) in [7, 11) is -0.628. The fourth-order valence-corrected chi connectivity index (χ4v) is 6.50. The first-order valence-electron chi connectivity index (χ1n) is 14.1. The van der Waals surface area contributed by atoms with Gasteiger partial charge in [0, 0.05) is 25.6 Å². The van der Waals surface area contributed by atoms with Gasteiger partial charge in [0.1, 0.15) is 22.7 Å². The number of anilines is 2. The quantitative estimate of drug-likeness (QED) is 0.328. The molecular weight excluding hydrogens is 597 g/mol. The van der Waals surface area contributed by atoms with Crippen molar-refractivity contribution in [1.82, 2.24) is 19.6 Å². The number of benzene rings is 2. The van der Waals surface area contributed by atoms with E-state index in [4.69, 9.17) is 21.1 Å². The van der Waals surface area contributed by atoms with Crippen molar-refractivity contribution in [2.45, 2.75) is 57.2 Å². The molecule has 1 fully saturated rings. The summed E-state index contributed by atoms with van der Waals surface area (Å²) in [5.74, 6) is -0.320. The molecule has 0 spiro atoms. The second kappa shape index (κ2) is 12.6. The van der Waals surface area contributed by atoms with Crippen LogP contribution in [0.3, 0.4) is 0 Å². The normalized spacial score (nSPS) is 21.7. The Morgan fingerprint density at radius 2 is 1.88 bits per heavy atom. The highest BCUT2D eigenvalue weighted by molar-refractivity contribution is 7.88. The smallest absolute Gasteiger partial charge is 0.254 e. The van der Waals surface area contributed by atoms with E-state index in [1.165, 1.54) is 30.7 Å². The van der Waals surface area contributed by atoms with Gasteiger partial charge >= 0.3 is 0 Å². The van der Waals surface area contributed by atoms with Crippen LogP contribution in [0.4, 0.5) is 16.0 Å². The van der Waals surface area contributed by atoms with Crippen LogP contribution >= 0.6 is 11.6 Å². The third kappa shape index (κ3) is 6.86. The highest BCUT2D eigenvalue weighted by atomic mass is 35.5. The van der Waals surface area contributed by atoms with Crippen molar-refractivity contribution in [3.63, 3.8) is 0 Å². The van der Waals surface area contributed by atoms with Gasteiger partial charge in [-0.1, -0.05) is 42.8 Å². The summed E-state index contributed by atoms with van der Waals surface area (Å²) in [6.07, 6.45) is 6.07. The number of methoxy groups -OCH3 is 1. The highest BCUT2D eigenvalue weighted by Gasteiger charge is 2.40. The summed E-state index contributed by atoms with van der Waals surface area (Å²) in [5, 5.41) is 5.98. The fraction of sp³-hybridized carbons (Fsp3) is 0.433. The minimum atomic E-state index is -3.55. The zero-order valence-electron chi connectivity index (χ0n) is 24.4. The number of carbonyl (C=O) groups excluding carboxylic acids is 1. The van der Waals surface area contributed by atoms with Gasteiger partial charge in [0.25, 0.3) is 5.91 Å². The molecule has 0 bridgehead atoms. The number of carbonyl (C=O) groups is 1. The Morgan fingerprint density at radius 1 is 1.16 bits per heavy atom. The zero-order chi connectivity index (χ0) is 30.9. The second-order valence-electron chi connectivity index (χ2n) is 11.2. The molecule has 0 saturated heterocycles. The molecule has 43 heavy (non-hydrogen) atoms. The molecule has 2 aliphatic rings. The van der Waals surface area contributed by atoms with Crippen LogP contribution in [0.1, 0.15) is 60.1 Å². The molecule has 3 aromatic rings. The molecule has 2 N–H and O–H groups in total. The predicted octanol–water partition coefficient (Wildman–Crippen LogP) is 5.27. The molecule has 2 atom stereocenters. The van der Waals surface area contributed by atoms with E-state index < -0.39 is 33.9 Å².